The number of pyridine rings is 1. The molecule has 1 saturated heterocycles. The minimum Gasteiger partial charge on any atom is -0.369 e. The number of aromatic amines is 1. The van der Waals surface area contributed by atoms with Gasteiger partial charge in [-0.1, -0.05) is 6.92 Å². The van der Waals surface area contributed by atoms with E-state index in [1.807, 2.05) is 12.4 Å². The molecule has 2 aromatic heterocycles. The van der Waals surface area contributed by atoms with Crippen molar-refractivity contribution in [1.29, 1.82) is 0 Å². The fraction of sp³-hybridized carbons (Fsp3) is 0.500. The number of hydrogen-bond acceptors (Lipinski definition) is 3. The summed E-state index contributed by atoms with van der Waals surface area (Å²) in [5, 5.41) is 1.23. The lowest BCUT2D eigenvalue weighted by atomic mass is 10.0. The summed E-state index contributed by atoms with van der Waals surface area (Å²) in [7, 11) is 0. The molecule has 1 atom stereocenters. The fourth-order valence-corrected chi connectivity index (χ4v) is 2.88. The predicted octanol–water partition coefficient (Wildman–Crippen LogP) is 2.05. The highest BCUT2D eigenvalue weighted by Crippen LogP contribution is 2.31. The Morgan fingerprint density at radius 2 is 2.44 bits per heavy atom. The van der Waals surface area contributed by atoms with Gasteiger partial charge in [0.25, 0.3) is 0 Å². The molecule has 96 valence electrons. The molecular formula is C14H20N4. The summed E-state index contributed by atoms with van der Waals surface area (Å²) in [5.74, 6) is 0. The van der Waals surface area contributed by atoms with E-state index >= 15 is 0 Å². The third-order valence-corrected chi connectivity index (χ3v) is 3.79. The molecule has 0 amide bonds. The van der Waals surface area contributed by atoms with Gasteiger partial charge in [0, 0.05) is 36.9 Å². The van der Waals surface area contributed by atoms with Gasteiger partial charge < -0.3 is 15.6 Å². The molecule has 4 heteroatoms. The highest BCUT2D eigenvalue weighted by Gasteiger charge is 2.21. The molecule has 0 aromatic carbocycles. The molecule has 4 nitrogen and oxygen atoms in total. The topological polar surface area (TPSA) is 57.9 Å². The van der Waals surface area contributed by atoms with Crippen molar-refractivity contribution in [3.8, 4) is 0 Å². The molecule has 1 aliphatic heterocycles. The van der Waals surface area contributed by atoms with Crippen LogP contribution in [0.15, 0.2) is 18.5 Å². The van der Waals surface area contributed by atoms with Gasteiger partial charge in [-0.25, -0.2) is 4.98 Å². The van der Waals surface area contributed by atoms with Crippen LogP contribution in [0.5, 0.6) is 0 Å². The van der Waals surface area contributed by atoms with E-state index in [4.69, 9.17) is 5.73 Å². The number of nitrogens with zero attached hydrogens (tertiary/aromatic N) is 2. The minimum absolute atomic E-state index is 0.297. The molecule has 0 saturated carbocycles. The number of hydrogen-bond donors (Lipinski definition) is 2. The van der Waals surface area contributed by atoms with Gasteiger partial charge in [-0.05, 0) is 30.9 Å². The minimum atomic E-state index is 0.297. The van der Waals surface area contributed by atoms with Crippen LogP contribution in [0.1, 0.15) is 25.3 Å². The lowest BCUT2D eigenvalue weighted by molar-refractivity contribution is 0.506. The van der Waals surface area contributed by atoms with Crippen molar-refractivity contribution >= 4 is 16.7 Å². The third-order valence-electron chi connectivity index (χ3n) is 3.79. The van der Waals surface area contributed by atoms with Crippen LogP contribution in [0.2, 0.25) is 0 Å². The highest BCUT2D eigenvalue weighted by atomic mass is 15.2. The average Bonchev–Trinajstić information content (AvgIpc) is 2.85. The molecule has 0 bridgehead atoms. The second-order valence-corrected chi connectivity index (χ2v) is 5.07. The van der Waals surface area contributed by atoms with Crippen molar-refractivity contribution in [1.82, 2.24) is 9.97 Å². The number of anilines is 1. The van der Waals surface area contributed by atoms with E-state index in [-0.39, 0.29) is 0 Å². The van der Waals surface area contributed by atoms with E-state index < -0.39 is 0 Å². The highest BCUT2D eigenvalue weighted by molar-refractivity contribution is 5.91. The molecule has 0 aliphatic carbocycles. The lowest BCUT2D eigenvalue weighted by Crippen LogP contribution is -2.43. The first kappa shape index (κ1) is 11.5. The van der Waals surface area contributed by atoms with Crippen molar-refractivity contribution in [3.63, 3.8) is 0 Å². The summed E-state index contributed by atoms with van der Waals surface area (Å²) in [6.45, 7) is 4.24. The Bertz CT molecular complexity index is 546. The lowest BCUT2D eigenvalue weighted by Gasteiger charge is -2.34. The van der Waals surface area contributed by atoms with Crippen LogP contribution in [0.3, 0.4) is 0 Å². The second kappa shape index (κ2) is 4.61. The average molecular weight is 244 g/mol. The SMILES string of the molecule is CCc1cnc2[nH]ccc2c1N1CCCC(N)C1. The summed E-state index contributed by atoms with van der Waals surface area (Å²) >= 11 is 0. The third kappa shape index (κ3) is 1.86. The maximum Gasteiger partial charge on any atom is 0.139 e. The van der Waals surface area contributed by atoms with E-state index in [2.05, 4.69) is 27.9 Å². The zero-order chi connectivity index (χ0) is 12.5. The standard InChI is InChI=1S/C14H20N4/c1-2-10-8-17-14-12(5-6-16-14)13(10)18-7-3-4-11(15)9-18/h5-6,8,11H,2-4,7,9,15H2,1H3,(H,16,17). The molecular weight excluding hydrogens is 224 g/mol. The van der Waals surface area contributed by atoms with Gasteiger partial charge in [-0.2, -0.15) is 0 Å². The summed E-state index contributed by atoms with van der Waals surface area (Å²) in [6, 6.07) is 2.42. The van der Waals surface area contributed by atoms with Gasteiger partial charge in [0.15, 0.2) is 0 Å². The molecule has 2 aromatic rings. The first-order chi connectivity index (χ1) is 8.79. The van der Waals surface area contributed by atoms with Crippen LogP contribution in [0.25, 0.3) is 11.0 Å². The summed E-state index contributed by atoms with van der Waals surface area (Å²) in [4.78, 5) is 10.1. The van der Waals surface area contributed by atoms with Crippen LogP contribution in [-0.4, -0.2) is 29.1 Å². The molecule has 1 fully saturated rings. The summed E-state index contributed by atoms with van der Waals surface area (Å²) in [6.07, 6.45) is 7.28. The van der Waals surface area contributed by atoms with Crippen molar-refractivity contribution in [2.24, 2.45) is 5.73 Å². The van der Waals surface area contributed by atoms with E-state index in [0.717, 1.165) is 31.6 Å². The Morgan fingerprint density at radius 1 is 1.56 bits per heavy atom. The molecule has 0 spiro atoms. The smallest absolute Gasteiger partial charge is 0.139 e. The largest absolute Gasteiger partial charge is 0.369 e. The number of piperidine rings is 1. The van der Waals surface area contributed by atoms with Crippen molar-refractivity contribution in [3.05, 3.63) is 24.0 Å². The molecule has 1 unspecified atom stereocenters. The second-order valence-electron chi connectivity index (χ2n) is 5.07. The zero-order valence-electron chi connectivity index (χ0n) is 10.8. The normalized spacial score (nSPS) is 20.6. The summed E-state index contributed by atoms with van der Waals surface area (Å²) < 4.78 is 0. The van der Waals surface area contributed by atoms with Gasteiger partial charge >= 0.3 is 0 Å². The van der Waals surface area contributed by atoms with Gasteiger partial charge in [0.1, 0.15) is 5.65 Å². The molecule has 18 heavy (non-hydrogen) atoms. The van der Waals surface area contributed by atoms with Gasteiger partial charge in [-0.15, -0.1) is 0 Å². The molecule has 1 aliphatic rings. The number of nitrogens with one attached hydrogen (secondary N) is 1. The Balaban J connectivity index is 2.10. The number of aryl methyl sites for hydroxylation is 1. The molecule has 3 heterocycles. The zero-order valence-corrected chi connectivity index (χ0v) is 10.8. The predicted molar refractivity (Wildman–Crippen MR) is 74.9 cm³/mol. The van der Waals surface area contributed by atoms with Crippen molar-refractivity contribution in [2.45, 2.75) is 32.2 Å². The number of aromatic nitrogens is 2. The quantitative estimate of drug-likeness (QED) is 0.850. The van der Waals surface area contributed by atoms with Crippen LogP contribution in [0, 0.1) is 0 Å². The maximum absolute atomic E-state index is 6.11. The van der Waals surface area contributed by atoms with Crippen molar-refractivity contribution < 1.29 is 0 Å². The maximum atomic E-state index is 6.11. The van der Waals surface area contributed by atoms with Crippen LogP contribution in [-0.2, 0) is 6.42 Å². The Morgan fingerprint density at radius 3 is 3.22 bits per heavy atom. The van der Waals surface area contributed by atoms with Crippen LogP contribution in [0.4, 0.5) is 5.69 Å². The summed E-state index contributed by atoms with van der Waals surface area (Å²) in [5.41, 5.74) is 9.73. The van der Waals surface area contributed by atoms with Gasteiger partial charge in [0.05, 0.1) is 5.69 Å². The van der Waals surface area contributed by atoms with Crippen LogP contribution >= 0.6 is 0 Å². The molecule has 3 rings (SSSR count). The number of nitrogens with two attached hydrogens (primary N) is 1. The fourth-order valence-electron chi connectivity index (χ4n) is 2.88. The van der Waals surface area contributed by atoms with Crippen molar-refractivity contribution in [2.75, 3.05) is 18.0 Å². The Kier molecular flexibility index (Phi) is 2.96. The van der Waals surface area contributed by atoms with Gasteiger partial charge in [-0.3, -0.25) is 0 Å². The van der Waals surface area contributed by atoms with E-state index in [1.165, 1.54) is 23.1 Å². The number of rotatable bonds is 2. The first-order valence-corrected chi connectivity index (χ1v) is 6.75. The molecule has 0 radical (unpaired) electrons. The molecule has 3 N–H and O–H groups in total. The van der Waals surface area contributed by atoms with Crippen LogP contribution < -0.4 is 10.6 Å². The van der Waals surface area contributed by atoms with Gasteiger partial charge in [0.2, 0.25) is 0 Å². The Hall–Kier alpha value is -1.55. The number of H-pyrrole nitrogens is 1. The monoisotopic (exact) mass is 244 g/mol. The van der Waals surface area contributed by atoms with E-state index in [9.17, 15) is 0 Å². The Labute approximate surface area is 107 Å². The first-order valence-electron chi connectivity index (χ1n) is 6.75. The number of fused-ring (bicyclic) bond motifs is 1. The van der Waals surface area contributed by atoms with E-state index in [1.54, 1.807) is 0 Å². The van der Waals surface area contributed by atoms with E-state index in [0.29, 0.717) is 6.04 Å².